The van der Waals surface area contributed by atoms with E-state index in [1.165, 1.54) is 0 Å². The number of aromatic nitrogens is 3. The maximum atomic E-state index is 11.8. The number of carbonyl (C=O) groups excluding carboxylic acids is 1. The molecule has 3 rings (SSSR count). The quantitative estimate of drug-likeness (QED) is 0.880. The Hall–Kier alpha value is -2.31. The molecule has 2 aromatic rings. The number of ether oxygens (including phenoxy) is 1. The van der Waals surface area contributed by atoms with Gasteiger partial charge in [-0.05, 0) is 51.8 Å². The molecule has 7 nitrogen and oxygen atoms in total. The Bertz CT molecular complexity index is 743. The molecule has 1 heterocycles. The average Bonchev–Trinajstić information content (AvgIpc) is 3.19. The predicted octanol–water partition coefficient (Wildman–Crippen LogP) is 2.69. The molecule has 0 radical (unpaired) electrons. The number of amides is 1. The van der Waals surface area contributed by atoms with Gasteiger partial charge in [0.15, 0.2) is 0 Å². The molecule has 1 aliphatic carbocycles. The summed E-state index contributed by atoms with van der Waals surface area (Å²) >= 11 is 0. The first-order valence-corrected chi connectivity index (χ1v) is 8.27. The molecule has 0 unspecified atom stereocenters. The van der Waals surface area contributed by atoms with Gasteiger partial charge in [0.25, 0.3) is 0 Å². The van der Waals surface area contributed by atoms with Crippen molar-refractivity contribution < 1.29 is 9.53 Å². The van der Waals surface area contributed by atoms with Crippen molar-refractivity contribution in [3.05, 3.63) is 18.2 Å². The largest absolute Gasteiger partial charge is 0.444 e. The molecule has 0 atom stereocenters. The van der Waals surface area contributed by atoms with Gasteiger partial charge in [-0.2, -0.15) is 0 Å². The van der Waals surface area contributed by atoms with Crippen molar-refractivity contribution in [2.45, 2.75) is 39.2 Å². The Balaban J connectivity index is 1.52. The molecule has 1 fully saturated rings. The van der Waals surface area contributed by atoms with E-state index in [0.717, 1.165) is 36.1 Å². The zero-order chi connectivity index (χ0) is 17.4. The van der Waals surface area contributed by atoms with Crippen LogP contribution in [-0.4, -0.2) is 39.8 Å². The number of aryl methyl sites for hydroxylation is 1. The topological polar surface area (TPSA) is 81.1 Å². The summed E-state index contributed by atoms with van der Waals surface area (Å²) < 4.78 is 7.04. The molecule has 0 saturated heterocycles. The van der Waals surface area contributed by atoms with E-state index in [0.29, 0.717) is 6.54 Å². The van der Waals surface area contributed by atoms with Crippen LogP contribution < -0.4 is 10.6 Å². The van der Waals surface area contributed by atoms with Gasteiger partial charge in [-0.3, -0.25) is 0 Å². The number of hydrogen-bond donors (Lipinski definition) is 2. The fourth-order valence-electron chi connectivity index (χ4n) is 2.61. The van der Waals surface area contributed by atoms with E-state index in [1.807, 2.05) is 46.0 Å². The number of nitrogens with zero attached hydrogens (tertiary/aromatic N) is 3. The minimum Gasteiger partial charge on any atom is -0.444 e. The van der Waals surface area contributed by atoms with Crippen LogP contribution in [-0.2, 0) is 11.8 Å². The Morgan fingerprint density at radius 1 is 1.33 bits per heavy atom. The number of benzene rings is 1. The van der Waals surface area contributed by atoms with E-state index in [-0.39, 0.29) is 11.5 Å². The third-order valence-electron chi connectivity index (χ3n) is 4.24. The Kier molecular flexibility index (Phi) is 4.11. The van der Waals surface area contributed by atoms with E-state index in [9.17, 15) is 4.79 Å². The van der Waals surface area contributed by atoms with Crippen LogP contribution in [0.4, 0.5) is 10.5 Å². The summed E-state index contributed by atoms with van der Waals surface area (Å²) in [5, 5.41) is 14.5. The van der Waals surface area contributed by atoms with Crippen LogP contribution in [0.15, 0.2) is 18.2 Å². The molecule has 24 heavy (non-hydrogen) atoms. The second-order valence-electron chi connectivity index (χ2n) is 7.63. The molecule has 1 saturated carbocycles. The molecule has 2 N–H and O–H groups in total. The third kappa shape index (κ3) is 3.96. The zero-order valence-corrected chi connectivity index (χ0v) is 14.7. The third-order valence-corrected chi connectivity index (χ3v) is 4.24. The van der Waals surface area contributed by atoms with Gasteiger partial charge < -0.3 is 15.4 Å². The van der Waals surface area contributed by atoms with Crippen LogP contribution in [0.25, 0.3) is 11.0 Å². The molecule has 1 aliphatic rings. The Labute approximate surface area is 141 Å². The van der Waals surface area contributed by atoms with Gasteiger partial charge in [-0.1, -0.05) is 5.21 Å². The van der Waals surface area contributed by atoms with Crippen LogP contribution in [0, 0.1) is 5.41 Å². The van der Waals surface area contributed by atoms with Crippen LogP contribution in [0.5, 0.6) is 0 Å². The van der Waals surface area contributed by atoms with Crippen LogP contribution in [0.3, 0.4) is 0 Å². The molecular formula is C17H25N5O2. The minimum atomic E-state index is -0.467. The fraction of sp³-hybridized carbons (Fsp3) is 0.588. The Morgan fingerprint density at radius 2 is 2.08 bits per heavy atom. The summed E-state index contributed by atoms with van der Waals surface area (Å²) in [5.74, 6) is 0. The van der Waals surface area contributed by atoms with Crippen molar-refractivity contribution in [2.75, 3.05) is 18.4 Å². The molecule has 1 amide bonds. The van der Waals surface area contributed by atoms with Crippen molar-refractivity contribution in [3.63, 3.8) is 0 Å². The van der Waals surface area contributed by atoms with Crippen molar-refractivity contribution in [1.82, 2.24) is 20.3 Å². The van der Waals surface area contributed by atoms with E-state index in [4.69, 9.17) is 4.74 Å². The highest BCUT2D eigenvalue weighted by atomic mass is 16.6. The highest BCUT2D eigenvalue weighted by molar-refractivity contribution is 5.78. The molecule has 0 aliphatic heterocycles. The maximum absolute atomic E-state index is 11.8. The van der Waals surface area contributed by atoms with Gasteiger partial charge in [0.2, 0.25) is 0 Å². The van der Waals surface area contributed by atoms with E-state index in [2.05, 4.69) is 20.9 Å². The van der Waals surface area contributed by atoms with E-state index < -0.39 is 5.60 Å². The van der Waals surface area contributed by atoms with Crippen molar-refractivity contribution >= 4 is 22.8 Å². The number of alkyl carbamates (subject to hydrolysis) is 1. The normalized spacial score (nSPS) is 16.0. The lowest BCUT2D eigenvalue weighted by atomic mass is 10.1. The summed E-state index contributed by atoms with van der Waals surface area (Å²) in [7, 11) is 1.88. The smallest absolute Gasteiger partial charge is 0.407 e. The number of hydrogen-bond acceptors (Lipinski definition) is 5. The first-order valence-electron chi connectivity index (χ1n) is 8.27. The molecular weight excluding hydrogens is 306 g/mol. The second kappa shape index (κ2) is 5.96. The maximum Gasteiger partial charge on any atom is 0.407 e. The summed E-state index contributed by atoms with van der Waals surface area (Å²) in [6.45, 7) is 7.04. The van der Waals surface area contributed by atoms with E-state index in [1.54, 1.807) is 4.68 Å². The predicted molar refractivity (Wildman–Crippen MR) is 92.9 cm³/mol. The van der Waals surface area contributed by atoms with Crippen molar-refractivity contribution in [3.8, 4) is 0 Å². The zero-order valence-electron chi connectivity index (χ0n) is 14.7. The summed E-state index contributed by atoms with van der Waals surface area (Å²) in [5.41, 5.74) is 2.55. The fourth-order valence-corrected chi connectivity index (χ4v) is 2.61. The number of rotatable bonds is 5. The highest BCUT2D eigenvalue weighted by Gasteiger charge is 2.42. The van der Waals surface area contributed by atoms with Crippen LogP contribution >= 0.6 is 0 Å². The number of nitrogens with one attached hydrogen (secondary N) is 2. The van der Waals surface area contributed by atoms with Gasteiger partial charge in [0.05, 0.1) is 5.52 Å². The SMILES string of the molecule is Cn1nnc2cc(NCC3(CNC(=O)OC(C)(C)C)CC3)ccc21. The van der Waals surface area contributed by atoms with Crippen LogP contribution in [0.2, 0.25) is 0 Å². The standard InChI is InChI=1S/C17H25N5O2/c1-16(2,3)24-15(23)19-11-17(7-8-17)10-18-12-5-6-14-13(9-12)20-21-22(14)4/h5-6,9,18H,7-8,10-11H2,1-4H3,(H,19,23). The van der Waals surface area contributed by atoms with Gasteiger partial charge >= 0.3 is 6.09 Å². The molecule has 0 bridgehead atoms. The Morgan fingerprint density at radius 3 is 2.75 bits per heavy atom. The van der Waals surface area contributed by atoms with Crippen molar-refractivity contribution in [2.24, 2.45) is 12.5 Å². The molecule has 7 heteroatoms. The van der Waals surface area contributed by atoms with Gasteiger partial charge in [0, 0.05) is 31.2 Å². The molecule has 1 aromatic carbocycles. The van der Waals surface area contributed by atoms with Gasteiger partial charge in [-0.25, -0.2) is 9.48 Å². The first kappa shape index (κ1) is 16.5. The average molecular weight is 331 g/mol. The van der Waals surface area contributed by atoms with E-state index >= 15 is 0 Å². The lowest BCUT2D eigenvalue weighted by Crippen LogP contribution is -2.37. The monoisotopic (exact) mass is 331 g/mol. The summed E-state index contributed by atoms with van der Waals surface area (Å²) in [6.07, 6.45) is 1.85. The number of carbonyl (C=O) groups is 1. The lowest BCUT2D eigenvalue weighted by molar-refractivity contribution is 0.0517. The molecule has 0 spiro atoms. The van der Waals surface area contributed by atoms with Gasteiger partial charge in [0.1, 0.15) is 11.1 Å². The number of fused-ring (bicyclic) bond motifs is 1. The minimum absolute atomic E-state index is 0.119. The number of anilines is 1. The highest BCUT2D eigenvalue weighted by Crippen LogP contribution is 2.45. The lowest BCUT2D eigenvalue weighted by Gasteiger charge is -2.22. The van der Waals surface area contributed by atoms with Crippen molar-refractivity contribution in [1.29, 1.82) is 0 Å². The first-order chi connectivity index (χ1) is 11.3. The molecule has 1 aromatic heterocycles. The summed E-state index contributed by atoms with van der Waals surface area (Å²) in [4.78, 5) is 11.8. The van der Waals surface area contributed by atoms with Crippen LogP contribution in [0.1, 0.15) is 33.6 Å². The molecule has 130 valence electrons. The second-order valence-corrected chi connectivity index (χ2v) is 7.63. The summed E-state index contributed by atoms with van der Waals surface area (Å²) in [6, 6.07) is 6.04. The van der Waals surface area contributed by atoms with Gasteiger partial charge in [-0.15, -0.1) is 5.10 Å².